The first-order valence-electron chi connectivity index (χ1n) is 7.18. The van der Waals surface area contributed by atoms with Crippen LogP contribution in [0.3, 0.4) is 0 Å². The van der Waals surface area contributed by atoms with Gasteiger partial charge in [0, 0.05) is 17.1 Å². The molecule has 1 radical (unpaired) electrons. The van der Waals surface area contributed by atoms with E-state index in [1.807, 2.05) is 6.07 Å². The molecule has 19 heavy (non-hydrogen) atoms. The van der Waals surface area contributed by atoms with Crippen LogP contribution in [0.1, 0.15) is 57.9 Å². The van der Waals surface area contributed by atoms with E-state index in [0.29, 0.717) is 0 Å². The first kappa shape index (κ1) is 23.8. The first-order chi connectivity index (χ1) is 8.76. The SMILES string of the molecule is [CH2-]CCC.[CH2-]CCC.[CH2-]CCCc1ccccc1.[Cu]. The Hall–Kier alpha value is -0.261. The minimum absolute atomic E-state index is 0. The van der Waals surface area contributed by atoms with Crippen LogP contribution in [0.2, 0.25) is 0 Å². The molecule has 0 aliphatic carbocycles. The molecule has 0 heterocycles. The monoisotopic (exact) mass is 310 g/mol. The van der Waals surface area contributed by atoms with Gasteiger partial charge >= 0.3 is 0 Å². The van der Waals surface area contributed by atoms with Crippen molar-refractivity contribution in [1.29, 1.82) is 0 Å². The molecular weight excluding hydrogens is 280 g/mol. The number of hydrogen-bond acceptors (Lipinski definition) is 0. The maximum absolute atomic E-state index is 3.80. The van der Waals surface area contributed by atoms with Crippen molar-refractivity contribution in [2.24, 2.45) is 0 Å². The largest absolute Gasteiger partial charge is 0.343 e. The minimum atomic E-state index is 0. The van der Waals surface area contributed by atoms with Gasteiger partial charge in [0.25, 0.3) is 0 Å². The molecule has 0 nitrogen and oxygen atoms in total. The van der Waals surface area contributed by atoms with E-state index >= 15 is 0 Å². The minimum Gasteiger partial charge on any atom is -0.343 e. The molecule has 1 aromatic rings. The summed E-state index contributed by atoms with van der Waals surface area (Å²) in [6.45, 7) is 15.2. The van der Waals surface area contributed by atoms with Gasteiger partial charge in [-0.3, -0.25) is 0 Å². The van der Waals surface area contributed by atoms with Crippen molar-refractivity contribution in [1.82, 2.24) is 0 Å². The zero-order valence-electron chi connectivity index (χ0n) is 12.8. The Morgan fingerprint density at radius 3 is 1.53 bits per heavy atom. The second-order valence-corrected chi connectivity index (χ2v) is 4.15. The first-order valence-corrected chi connectivity index (χ1v) is 7.18. The third-order valence-electron chi connectivity index (χ3n) is 2.27. The summed E-state index contributed by atoms with van der Waals surface area (Å²) >= 11 is 0. The van der Waals surface area contributed by atoms with Crippen LogP contribution < -0.4 is 0 Å². The number of aryl methyl sites for hydroxylation is 1. The molecule has 0 N–H and O–H groups in total. The molecule has 0 aliphatic rings. The third kappa shape index (κ3) is 23.3. The van der Waals surface area contributed by atoms with Gasteiger partial charge in [-0.1, -0.05) is 63.4 Å². The van der Waals surface area contributed by atoms with E-state index in [2.05, 4.69) is 58.9 Å². The normalized spacial score (nSPS) is 8.26. The summed E-state index contributed by atoms with van der Waals surface area (Å²) in [5.41, 5.74) is 1.42. The van der Waals surface area contributed by atoms with E-state index in [9.17, 15) is 0 Å². The topological polar surface area (TPSA) is 0 Å². The fourth-order valence-electron chi connectivity index (χ4n) is 0.974. The molecule has 0 fully saturated rings. The Bertz CT molecular complexity index is 210. The predicted octanol–water partition coefficient (Wildman–Crippen LogP) is 6.08. The molecule has 1 rings (SSSR count). The van der Waals surface area contributed by atoms with Gasteiger partial charge in [-0.2, -0.15) is 19.3 Å². The summed E-state index contributed by atoms with van der Waals surface area (Å²) in [5.74, 6) is 0. The molecule has 0 bridgehead atoms. The van der Waals surface area contributed by atoms with Crippen molar-refractivity contribution in [2.75, 3.05) is 0 Å². The van der Waals surface area contributed by atoms with Crippen molar-refractivity contribution < 1.29 is 17.1 Å². The molecular formula is C18H31Cu-3. The van der Waals surface area contributed by atoms with Gasteiger partial charge in [0.2, 0.25) is 0 Å². The van der Waals surface area contributed by atoms with Crippen LogP contribution in [0.5, 0.6) is 0 Å². The van der Waals surface area contributed by atoms with Crippen LogP contribution >= 0.6 is 0 Å². The quantitative estimate of drug-likeness (QED) is 0.456. The van der Waals surface area contributed by atoms with Gasteiger partial charge in [0.15, 0.2) is 0 Å². The Morgan fingerprint density at radius 2 is 1.21 bits per heavy atom. The van der Waals surface area contributed by atoms with Crippen LogP contribution in [0.25, 0.3) is 0 Å². The number of hydrogen-bond donors (Lipinski definition) is 0. The van der Waals surface area contributed by atoms with Crippen molar-refractivity contribution in [3.8, 4) is 0 Å². The average molecular weight is 311 g/mol. The Balaban J connectivity index is -0.000000242. The van der Waals surface area contributed by atoms with E-state index in [4.69, 9.17) is 0 Å². The fraction of sp³-hybridized carbons (Fsp3) is 0.500. The molecule has 1 aromatic carbocycles. The summed E-state index contributed by atoms with van der Waals surface area (Å²) in [5, 5.41) is 0. The zero-order valence-corrected chi connectivity index (χ0v) is 13.7. The summed E-state index contributed by atoms with van der Waals surface area (Å²) < 4.78 is 0. The van der Waals surface area contributed by atoms with Crippen LogP contribution in [-0.4, -0.2) is 0 Å². The molecule has 0 aromatic heterocycles. The molecule has 0 amide bonds. The van der Waals surface area contributed by atoms with Gasteiger partial charge in [0.1, 0.15) is 0 Å². The van der Waals surface area contributed by atoms with Crippen LogP contribution in [0.4, 0.5) is 0 Å². The number of unbranched alkanes of at least 4 members (excludes halogenated alkanes) is 3. The molecule has 0 saturated heterocycles. The van der Waals surface area contributed by atoms with Crippen molar-refractivity contribution in [2.45, 2.75) is 58.8 Å². The van der Waals surface area contributed by atoms with E-state index in [1.54, 1.807) is 0 Å². The van der Waals surface area contributed by atoms with Crippen LogP contribution in [0.15, 0.2) is 30.3 Å². The summed E-state index contributed by atoms with van der Waals surface area (Å²) in [4.78, 5) is 0. The van der Waals surface area contributed by atoms with Gasteiger partial charge < -0.3 is 20.8 Å². The van der Waals surface area contributed by atoms with E-state index in [-0.39, 0.29) is 17.1 Å². The standard InChI is InChI=1S/C10H13.2C4H9.Cu/c1-2-3-7-10-8-5-4-6-9-10;2*1-3-4-2;/h4-6,8-9H,1-3,7H2;2*1,3-4H2,2H3;/q3*-1;. The van der Waals surface area contributed by atoms with Crippen molar-refractivity contribution >= 4 is 0 Å². The van der Waals surface area contributed by atoms with Crippen LogP contribution in [0, 0.1) is 20.8 Å². The maximum atomic E-state index is 3.80. The summed E-state index contributed by atoms with van der Waals surface area (Å²) in [6, 6.07) is 10.5. The van der Waals surface area contributed by atoms with Gasteiger partial charge in [0.05, 0.1) is 0 Å². The molecule has 0 aliphatic heterocycles. The molecule has 1 heteroatoms. The van der Waals surface area contributed by atoms with E-state index < -0.39 is 0 Å². The summed E-state index contributed by atoms with van der Waals surface area (Å²) in [6.07, 6.45) is 7.96. The number of benzene rings is 1. The molecule has 0 atom stereocenters. The Kier molecular flexibility index (Phi) is 28.7. The summed E-state index contributed by atoms with van der Waals surface area (Å²) in [7, 11) is 0. The molecule has 0 saturated carbocycles. The van der Waals surface area contributed by atoms with Gasteiger partial charge in [-0.25, -0.2) is 0 Å². The number of rotatable bonds is 5. The molecule has 117 valence electrons. The maximum Gasteiger partial charge on any atom is 0 e. The second-order valence-electron chi connectivity index (χ2n) is 4.15. The van der Waals surface area contributed by atoms with Crippen LogP contribution in [-0.2, 0) is 23.5 Å². The van der Waals surface area contributed by atoms with E-state index in [0.717, 1.165) is 19.3 Å². The molecule has 0 unspecified atom stereocenters. The average Bonchev–Trinajstić information content (AvgIpc) is 2.46. The Morgan fingerprint density at radius 1 is 0.789 bits per heavy atom. The Labute approximate surface area is 132 Å². The molecule has 0 spiro atoms. The van der Waals surface area contributed by atoms with Gasteiger partial charge in [-0.15, -0.1) is 0 Å². The smallest absolute Gasteiger partial charge is 0 e. The third-order valence-corrected chi connectivity index (χ3v) is 2.27. The van der Waals surface area contributed by atoms with E-state index in [1.165, 1.54) is 31.2 Å². The van der Waals surface area contributed by atoms with Crippen molar-refractivity contribution in [3.05, 3.63) is 56.7 Å². The van der Waals surface area contributed by atoms with Crippen molar-refractivity contribution in [3.63, 3.8) is 0 Å². The zero-order chi connectivity index (χ0) is 14.1. The predicted molar refractivity (Wildman–Crippen MR) is 85.3 cm³/mol. The van der Waals surface area contributed by atoms with Gasteiger partial charge in [-0.05, 0) is 12.0 Å². The second kappa shape index (κ2) is 22.9. The fourth-order valence-corrected chi connectivity index (χ4v) is 0.974.